The molecule has 0 bridgehead atoms. The van der Waals surface area contributed by atoms with Crippen LogP contribution in [0.15, 0.2) is 0 Å². The molecule has 0 aromatic carbocycles. The van der Waals surface area contributed by atoms with Crippen LogP contribution in [0.1, 0.15) is 6.92 Å². The van der Waals surface area contributed by atoms with E-state index in [1.54, 1.807) is 0 Å². The van der Waals surface area contributed by atoms with E-state index in [2.05, 4.69) is 4.74 Å². The Balaban J connectivity index is 3.02. The highest BCUT2D eigenvalue weighted by Crippen LogP contribution is 2.31. The summed E-state index contributed by atoms with van der Waals surface area (Å²) < 4.78 is 4.28. The Morgan fingerprint density at radius 3 is 1.69 bits per heavy atom. The fourth-order valence-corrected chi connectivity index (χ4v) is 1.59. The molecule has 0 unspecified atom stereocenters. The molecule has 1 aliphatic rings. The summed E-state index contributed by atoms with van der Waals surface area (Å²) in [7, 11) is 0. The highest BCUT2D eigenvalue weighted by atomic mass is 16.7. The van der Waals surface area contributed by atoms with Gasteiger partial charge in [-0.1, -0.05) is 0 Å². The summed E-state index contributed by atoms with van der Waals surface area (Å²) in [5, 5.41) is 56.2. The highest BCUT2D eigenvalue weighted by molar-refractivity contribution is 5.66. The van der Waals surface area contributed by atoms with Crippen molar-refractivity contribution in [2.45, 2.75) is 43.2 Å². The lowest BCUT2D eigenvalue weighted by molar-refractivity contribution is -0.347. The molecule has 6 N–H and O–H groups in total. The van der Waals surface area contributed by atoms with Crippen molar-refractivity contribution in [3.63, 3.8) is 0 Å². The Labute approximate surface area is 90.3 Å². The zero-order chi connectivity index (χ0) is 12.7. The molecule has 8 nitrogen and oxygen atoms in total. The van der Waals surface area contributed by atoms with Gasteiger partial charge in [-0.25, -0.2) is 0 Å². The Bertz CT molecular complexity index is 263. The highest BCUT2D eigenvalue weighted by Gasteiger charge is 2.60. The van der Waals surface area contributed by atoms with Crippen molar-refractivity contribution in [1.29, 1.82) is 0 Å². The predicted octanol–water partition coefficient (Wildman–Crippen LogP) is -3.94. The Morgan fingerprint density at radius 1 is 1.00 bits per heavy atom. The van der Waals surface area contributed by atoms with E-state index < -0.39 is 42.3 Å². The molecule has 0 radical (unpaired) electrons. The average molecular weight is 238 g/mol. The second kappa shape index (κ2) is 4.24. The third kappa shape index (κ3) is 1.90. The van der Waals surface area contributed by atoms with Gasteiger partial charge in [0.1, 0.15) is 18.3 Å². The summed E-state index contributed by atoms with van der Waals surface area (Å²) in [6.07, 6.45) is -10.0. The van der Waals surface area contributed by atoms with Crippen molar-refractivity contribution in [3.8, 4) is 0 Å². The third-order valence-electron chi connectivity index (χ3n) is 2.50. The van der Waals surface area contributed by atoms with Crippen LogP contribution in [0, 0.1) is 0 Å². The van der Waals surface area contributed by atoms with E-state index in [0.717, 1.165) is 6.92 Å². The van der Waals surface area contributed by atoms with Crippen LogP contribution in [0.2, 0.25) is 0 Å². The smallest absolute Gasteiger partial charge is 0.305 e. The minimum Gasteiger partial charge on any atom is -0.427 e. The van der Waals surface area contributed by atoms with Crippen LogP contribution in [0.4, 0.5) is 0 Å². The summed E-state index contributed by atoms with van der Waals surface area (Å²) in [5.41, 5.74) is 0. The maximum Gasteiger partial charge on any atom is 0.305 e. The molecule has 16 heavy (non-hydrogen) atoms. The van der Waals surface area contributed by atoms with Gasteiger partial charge in [0.15, 0.2) is 12.2 Å². The van der Waals surface area contributed by atoms with Crippen LogP contribution in [-0.2, 0) is 9.53 Å². The number of carbonyl (C=O) groups excluding carboxylic acids is 1. The molecule has 0 aromatic heterocycles. The lowest BCUT2D eigenvalue weighted by Crippen LogP contribution is -2.72. The van der Waals surface area contributed by atoms with Crippen LogP contribution in [0.5, 0.6) is 0 Å². The number of hydrogen-bond acceptors (Lipinski definition) is 8. The molecule has 1 saturated carbocycles. The van der Waals surface area contributed by atoms with E-state index in [-0.39, 0.29) is 0 Å². The van der Waals surface area contributed by atoms with Gasteiger partial charge in [-0.2, -0.15) is 0 Å². The van der Waals surface area contributed by atoms with Gasteiger partial charge in [0.25, 0.3) is 5.79 Å². The monoisotopic (exact) mass is 238 g/mol. The minimum atomic E-state index is -2.86. The van der Waals surface area contributed by atoms with Gasteiger partial charge in [-0.15, -0.1) is 0 Å². The molecule has 0 saturated heterocycles. The maximum absolute atomic E-state index is 10.7. The Morgan fingerprint density at radius 2 is 1.38 bits per heavy atom. The largest absolute Gasteiger partial charge is 0.427 e. The van der Waals surface area contributed by atoms with E-state index in [0.29, 0.717) is 0 Å². The van der Waals surface area contributed by atoms with Crippen LogP contribution < -0.4 is 0 Å². The molecule has 94 valence electrons. The summed E-state index contributed by atoms with van der Waals surface area (Å²) in [6, 6.07) is 0. The fraction of sp³-hybridized carbons (Fsp3) is 0.875. The summed E-state index contributed by atoms with van der Waals surface area (Å²) >= 11 is 0. The molecule has 0 spiro atoms. The lowest BCUT2D eigenvalue weighted by atomic mass is 9.82. The normalized spacial score (nSPS) is 48.8. The number of ether oxygens (including phenoxy) is 1. The van der Waals surface area contributed by atoms with Gasteiger partial charge >= 0.3 is 5.97 Å². The number of hydrogen-bond donors (Lipinski definition) is 6. The average Bonchev–Trinajstić information content (AvgIpc) is 2.21. The zero-order valence-electron chi connectivity index (χ0n) is 8.39. The number of rotatable bonds is 1. The standard InChI is InChI=1S/C8H14O8/c1-2(9)16-8(15)6(13)4(11)3(10)5(12)7(8)14/h3-7,10-15H,1H3/t3-,4-,5+,6-,7-,8-/m1/s1. The van der Waals surface area contributed by atoms with Crippen molar-refractivity contribution >= 4 is 5.97 Å². The number of aliphatic hydroxyl groups is 6. The molecule has 8 heteroatoms. The number of esters is 1. The van der Waals surface area contributed by atoms with E-state index in [1.165, 1.54) is 0 Å². The van der Waals surface area contributed by atoms with Crippen LogP contribution >= 0.6 is 0 Å². The molecule has 0 heterocycles. The predicted molar refractivity (Wildman–Crippen MR) is 46.7 cm³/mol. The van der Waals surface area contributed by atoms with Crippen LogP contribution in [-0.4, -0.2) is 72.9 Å². The zero-order valence-corrected chi connectivity index (χ0v) is 8.39. The van der Waals surface area contributed by atoms with Crippen molar-refractivity contribution < 1.29 is 40.2 Å². The van der Waals surface area contributed by atoms with E-state index >= 15 is 0 Å². The first-order chi connectivity index (χ1) is 7.21. The van der Waals surface area contributed by atoms with E-state index in [9.17, 15) is 35.4 Å². The Kier molecular flexibility index (Phi) is 3.53. The fourth-order valence-electron chi connectivity index (χ4n) is 1.59. The number of aliphatic hydroxyl groups excluding tert-OH is 5. The lowest BCUT2D eigenvalue weighted by Gasteiger charge is -2.46. The first kappa shape index (κ1) is 13.3. The topological polar surface area (TPSA) is 148 Å². The summed E-state index contributed by atoms with van der Waals surface area (Å²) in [5.74, 6) is -3.89. The second-order valence-corrected chi connectivity index (χ2v) is 3.71. The minimum absolute atomic E-state index is 0.904. The molecule has 0 aliphatic heterocycles. The van der Waals surface area contributed by atoms with Crippen molar-refractivity contribution in [1.82, 2.24) is 0 Å². The van der Waals surface area contributed by atoms with E-state index in [1.807, 2.05) is 0 Å². The van der Waals surface area contributed by atoms with E-state index in [4.69, 9.17) is 0 Å². The van der Waals surface area contributed by atoms with Gasteiger partial charge in [0.05, 0.1) is 0 Å². The van der Waals surface area contributed by atoms with Gasteiger partial charge in [-0.05, 0) is 0 Å². The molecule has 1 aliphatic carbocycles. The first-order valence-corrected chi connectivity index (χ1v) is 4.54. The molecule has 1 fully saturated rings. The third-order valence-corrected chi connectivity index (χ3v) is 2.50. The van der Waals surface area contributed by atoms with Gasteiger partial charge in [0.2, 0.25) is 0 Å². The first-order valence-electron chi connectivity index (χ1n) is 4.54. The van der Waals surface area contributed by atoms with Crippen molar-refractivity contribution in [2.75, 3.05) is 0 Å². The molecular weight excluding hydrogens is 224 g/mol. The maximum atomic E-state index is 10.7. The molecular formula is C8H14O8. The molecule has 1 rings (SSSR count). The number of carbonyl (C=O) groups is 1. The SMILES string of the molecule is CC(=O)O[C@]1(O)[C@H](O)[C@H](O)[C@@H](O)[C@H](O)[C@H]1O. The van der Waals surface area contributed by atoms with Crippen LogP contribution in [0.3, 0.4) is 0 Å². The van der Waals surface area contributed by atoms with Crippen molar-refractivity contribution in [3.05, 3.63) is 0 Å². The molecule has 6 atom stereocenters. The Hall–Kier alpha value is -0.770. The van der Waals surface area contributed by atoms with Gasteiger partial charge < -0.3 is 35.4 Å². The van der Waals surface area contributed by atoms with Crippen molar-refractivity contribution in [2.24, 2.45) is 0 Å². The quantitative estimate of drug-likeness (QED) is 0.200. The van der Waals surface area contributed by atoms with Gasteiger partial charge in [0, 0.05) is 6.92 Å². The second-order valence-electron chi connectivity index (χ2n) is 3.71. The summed E-state index contributed by atoms with van der Waals surface area (Å²) in [4.78, 5) is 10.7. The van der Waals surface area contributed by atoms with Gasteiger partial charge in [-0.3, -0.25) is 4.79 Å². The summed E-state index contributed by atoms with van der Waals surface area (Å²) in [6.45, 7) is 0.904. The molecule has 0 amide bonds. The molecule has 0 aromatic rings. The van der Waals surface area contributed by atoms with Crippen LogP contribution in [0.25, 0.3) is 0 Å².